The SMILES string of the molecule is COc1ccc(Br)c(CC(CCl)Cc2ccccc2Br)c1. The van der Waals surface area contributed by atoms with E-state index in [9.17, 15) is 0 Å². The Labute approximate surface area is 147 Å². The van der Waals surface area contributed by atoms with Gasteiger partial charge in [-0.3, -0.25) is 0 Å². The maximum Gasteiger partial charge on any atom is 0.119 e. The fourth-order valence-electron chi connectivity index (χ4n) is 2.30. The maximum absolute atomic E-state index is 6.18. The highest BCUT2D eigenvalue weighted by Gasteiger charge is 2.14. The van der Waals surface area contributed by atoms with Crippen molar-refractivity contribution >= 4 is 43.5 Å². The molecule has 1 unspecified atom stereocenters. The molecule has 4 heteroatoms. The van der Waals surface area contributed by atoms with Gasteiger partial charge in [-0.15, -0.1) is 11.6 Å². The van der Waals surface area contributed by atoms with Crippen molar-refractivity contribution in [1.29, 1.82) is 0 Å². The van der Waals surface area contributed by atoms with Crippen LogP contribution in [0.4, 0.5) is 0 Å². The van der Waals surface area contributed by atoms with Gasteiger partial charge in [0.05, 0.1) is 7.11 Å². The van der Waals surface area contributed by atoms with E-state index in [1.807, 2.05) is 18.2 Å². The van der Waals surface area contributed by atoms with E-state index in [4.69, 9.17) is 16.3 Å². The van der Waals surface area contributed by atoms with Gasteiger partial charge in [-0.25, -0.2) is 0 Å². The Balaban J connectivity index is 2.14. The van der Waals surface area contributed by atoms with Crippen LogP contribution in [0.3, 0.4) is 0 Å². The molecule has 0 fully saturated rings. The minimum atomic E-state index is 0.383. The highest BCUT2D eigenvalue weighted by Crippen LogP contribution is 2.28. The Morgan fingerprint density at radius 2 is 1.67 bits per heavy atom. The number of hydrogen-bond donors (Lipinski definition) is 0. The zero-order valence-electron chi connectivity index (χ0n) is 11.8. The number of halogens is 3. The molecule has 21 heavy (non-hydrogen) atoms. The van der Waals surface area contributed by atoms with Crippen molar-refractivity contribution in [3.63, 3.8) is 0 Å². The average molecular weight is 433 g/mol. The summed E-state index contributed by atoms with van der Waals surface area (Å²) in [5, 5.41) is 0. The molecule has 0 aromatic heterocycles. The van der Waals surface area contributed by atoms with Crippen LogP contribution < -0.4 is 4.74 Å². The standard InChI is InChI=1S/C17H17Br2ClO/c1-21-15-6-7-17(19)14(10-15)9-12(11-20)8-13-4-2-3-5-16(13)18/h2-7,10,12H,8-9,11H2,1H3. The largest absolute Gasteiger partial charge is 0.497 e. The van der Waals surface area contributed by atoms with E-state index in [1.54, 1.807) is 7.11 Å². The molecule has 0 saturated carbocycles. The van der Waals surface area contributed by atoms with E-state index in [1.165, 1.54) is 11.1 Å². The van der Waals surface area contributed by atoms with Crippen LogP contribution >= 0.6 is 43.5 Å². The average Bonchev–Trinajstić information content (AvgIpc) is 2.50. The van der Waals surface area contributed by atoms with Crippen LogP contribution in [0.25, 0.3) is 0 Å². The van der Waals surface area contributed by atoms with Gasteiger partial charge >= 0.3 is 0 Å². The van der Waals surface area contributed by atoms with Crippen molar-refractivity contribution in [2.24, 2.45) is 5.92 Å². The summed E-state index contributed by atoms with van der Waals surface area (Å²) in [5.74, 6) is 1.89. The van der Waals surface area contributed by atoms with Crippen LogP contribution in [-0.2, 0) is 12.8 Å². The Morgan fingerprint density at radius 1 is 1.00 bits per heavy atom. The minimum absolute atomic E-state index is 0.383. The molecule has 112 valence electrons. The smallest absolute Gasteiger partial charge is 0.119 e. The third-order valence-electron chi connectivity index (χ3n) is 3.45. The van der Waals surface area contributed by atoms with Gasteiger partial charge in [-0.2, -0.15) is 0 Å². The lowest BCUT2D eigenvalue weighted by atomic mass is 9.94. The number of alkyl halides is 1. The second-order valence-electron chi connectivity index (χ2n) is 4.98. The first-order chi connectivity index (χ1) is 10.1. The van der Waals surface area contributed by atoms with Gasteiger partial charge < -0.3 is 4.74 Å². The Bertz CT molecular complexity index is 601. The van der Waals surface area contributed by atoms with Crippen LogP contribution in [0, 0.1) is 5.92 Å². The summed E-state index contributed by atoms with van der Waals surface area (Å²) in [7, 11) is 1.69. The van der Waals surface area contributed by atoms with Crippen molar-refractivity contribution in [3.8, 4) is 5.75 Å². The maximum atomic E-state index is 6.18. The van der Waals surface area contributed by atoms with Crippen molar-refractivity contribution in [2.75, 3.05) is 13.0 Å². The molecule has 0 spiro atoms. The Hall–Kier alpha value is -0.510. The third kappa shape index (κ3) is 4.73. The molecule has 2 rings (SSSR count). The van der Waals surface area contributed by atoms with E-state index in [-0.39, 0.29) is 0 Å². The summed E-state index contributed by atoms with van der Waals surface area (Å²) >= 11 is 13.4. The molecule has 2 aromatic rings. The molecule has 1 nitrogen and oxygen atoms in total. The van der Waals surface area contributed by atoms with E-state index in [0.29, 0.717) is 11.8 Å². The van der Waals surface area contributed by atoms with Gasteiger partial charge in [0.1, 0.15) is 5.75 Å². The van der Waals surface area contributed by atoms with Gasteiger partial charge in [0.25, 0.3) is 0 Å². The van der Waals surface area contributed by atoms with Crippen LogP contribution in [0.15, 0.2) is 51.4 Å². The van der Waals surface area contributed by atoms with Crippen molar-refractivity contribution < 1.29 is 4.74 Å². The van der Waals surface area contributed by atoms with Crippen molar-refractivity contribution in [1.82, 2.24) is 0 Å². The summed E-state index contributed by atoms with van der Waals surface area (Å²) in [6.45, 7) is 0. The highest BCUT2D eigenvalue weighted by molar-refractivity contribution is 9.10. The fraction of sp³-hybridized carbons (Fsp3) is 0.294. The highest BCUT2D eigenvalue weighted by atomic mass is 79.9. The van der Waals surface area contributed by atoms with Gasteiger partial charge in [0, 0.05) is 14.8 Å². The zero-order valence-corrected chi connectivity index (χ0v) is 15.7. The molecule has 0 radical (unpaired) electrons. The number of hydrogen-bond acceptors (Lipinski definition) is 1. The summed E-state index contributed by atoms with van der Waals surface area (Å²) in [6.07, 6.45) is 1.87. The molecule has 0 saturated heterocycles. The summed E-state index contributed by atoms with van der Waals surface area (Å²) in [6, 6.07) is 14.4. The Kier molecular flexibility index (Phi) is 6.59. The van der Waals surface area contributed by atoms with Crippen LogP contribution in [-0.4, -0.2) is 13.0 Å². The van der Waals surface area contributed by atoms with Gasteiger partial charge in [0.15, 0.2) is 0 Å². The molecular weight excluding hydrogens is 415 g/mol. The molecule has 0 aliphatic heterocycles. The fourth-order valence-corrected chi connectivity index (χ4v) is 3.38. The van der Waals surface area contributed by atoms with Crippen LogP contribution in [0.5, 0.6) is 5.75 Å². The van der Waals surface area contributed by atoms with Gasteiger partial charge in [-0.1, -0.05) is 50.1 Å². The minimum Gasteiger partial charge on any atom is -0.497 e. The molecule has 2 aromatic carbocycles. The van der Waals surface area contributed by atoms with Crippen molar-refractivity contribution in [3.05, 3.63) is 62.5 Å². The molecule has 0 heterocycles. The molecular formula is C17H17Br2ClO. The predicted molar refractivity (Wildman–Crippen MR) is 96.5 cm³/mol. The lowest BCUT2D eigenvalue weighted by Crippen LogP contribution is -2.11. The second-order valence-corrected chi connectivity index (χ2v) is 6.99. The number of benzene rings is 2. The second kappa shape index (κ2) is 8.21. The van der Waals surface area contributed by atoms with Crippen LogP contribution in [0.1, 0.15) is 11.1 Å². The molecule has 0 aliphatic rings. The zero-order chi connectivity index (χ0) is 15.2. The normalized spacial score (nSPS) is 12.2. The first-order valence-electron chi connectivity index (χ1n) is 6.75. The number of methoxy groups -OCH3 is 1. The molecule has 0 bridgehead atoms. The monoisotopic (exact) mass is 430 g/mol. The lowest BCUT2D eigenvalue weighted by molar-refractivity contribution is 0.413. The van der Waals surface area contributed by atoms with Crippen molar-refractivity contribution in [2.45, 2.75) is 12.8 Å². The third-order valence-corrected chi connectivity index (χ3v) is 5.43. The summed E-state index contributed by atoms with van der Waals surface area (Å²) < 4.78 is 7.55. The number of rotatable bonds is 6. The quantitative estimate of drug-likeness (QED) is 0.520. The van der Waals surface area contributed by atoms with E-state index in [2.05, 4.69) is 56.1 Å². The topological polar surface area (TPSA) is 9.23 Å². The molecule has 0 amide bonds. The van der Waals surface area contributed by atoms with Gasteiger partial charge in [-0.05, 0) is 54.2 Å². The first-order valence-corrected chi connectivity index (χ1v) is 8.88. The molecule has 0 N–H and O–H groups in total. The number of ether oxygens (including phenoxy) is 1. The first kappa shape index (κ1) is 16.9. The van der Waals surface area contributed by atoms with Crippen LogP contribution in [0.2, 0.25) is 0 Å². The summed E-state index contributed by atoms with van der Waals surface area (Å²) in [5.41, 5.74) is 2.52. The summed E-state index contributed by atoms with van der Waals surface area (Å²) in [4.78, 5) is 0. The Morgan fingerprint density at radius 3 is 2.33 bits per heavy atom. The van der Waals surface area contributed by atoms with E-state index >= 15 is 0 Å². The lowest BCUT2D eigenvalue weighted by Gasteiger charge is -2.16. The van der Waals surface area contributed by atoms with E-state index in [0.717, 1.165) is 27.5 Å². The molecule has 1 atom stereocenters. The van der Waals surface area contributed by atoms with E-state index < -0.39 is 0 Å². The predicted octanol–water partition coefficient (Wildman–Crippen LogP) is 5.86. The molecule has 0 aliphatic carbocycles. The van der Waals surface area contributed by atoms with Gasteiger partial charge in [0.2, 0.25) is 0 Å².